The molecular formula is C18H20N6O2S2. The van der Waals surface area contributed by atoms with Crippen molar-refractivity contribution in [2.45, 2.75) is 12.5 Å². The summed E-state index contributed by atoms with van der Waals surface area (Å²) in [7, 11) is 0. The molecule has 0 radical (unpaired) electrons. The van der Waals surface area contributed by atoms with Crippen molar-refractivity contribution >= 4 is 50.6 Å². The molecular weight excluding hydrogens is 396 g/mol. The van der Waals surface area contributed by atoms with Crippen LogP contribution in [0.2, 0.25) is 0 Å². The van der Waals surface area contributed by atoms with Gasteiger partial charge >= 0.3 is 6.03 Å². The number of anilines is 1. The Labute approximate surface area is 170 Å². The third-order valence-corrected chi connectivity index (χ3v) is 6.56. The van der Waals surface area contributed by atoms with E-state index in [0.717, 1.165) is 20.9 Å². The van der Waals surface area contributed by atoms with Crippen molar-refractivity contribution in [1.29, 1.82) is 0 Å². The molecule has 10 heteroatoms. The van der Waals surface area contributed by atoms with Gasteiger partial charge in [0.25, 0.3) is 0 Å². The molecule has 28 heavy (non-hydrogen) atoms. The fourth-order valence-electron chi connectivity index (χ4n) is 3.38. The number of nitrogens with one attached hydrogen (secondary N) is 1. The first-order valence-electron chi connectivity index (χ1n) is 8.92. The van der Waals surface area contributed by atoms with Crippen LogP contribution in [0.5, 0.6) is 0 Å². The third kappa shape index (κ3) is 3.92. The molecule has 146 valence electrons. The van der Waals surface area contributed by atoms with Gasteiger partial charge in [0, 0.05) is 31.1 Å². The van der Waals surface area contributed by atoms with Crippen molar-refractivity contribution in [3.05, 3.63) is 40.2 Å². The van der Waals surface area contributed by atoms with E-state index in [0.29, 0.717) is 26.2 Å². The van der Waals surface area contributed by atoms with E-state index in [4.69, 9.17) is 5.73 Å². The van der Waals surface area contributed by atoms with Crippen LogP contribution < -0.4 is 16.0 Å². The number of nitrogens with zero attached hydrogens (tertiary/aromatic N) is 4. The minimum atomic E-state index is -0.625. The lowest BCUT2D eigenvalue weighted by Gasteiger charge is -2.36. The highest BCUT2D eigenvalue weighted by Crippen LogP contribution is 2.28. The summed E-state index contributed by atoms with van der Waals surface area (Å²) < 4.78 is 0. The number of aromatic nitrogens is 2. The maximum atomic E-state index is 12.8. The molecule has 0 aliphatic carbocycles. The van der Waals surface area contributed by atoms with Gasteiger partial charge < -0.3 is 20.9 Å². The zero-order valence-electron chi connectivity index (χ0n) is 15.1. The van der Waals surface area contributed by atoms with E-state index in [-0.39, 0.29) is 12.3 Å². The zero-order chi connectivity index (χ0) is 19.5. The summed E-state index contributed by atoms with van der Waals surface area (Å²) in [4.78, 5) is 38.8. The predicted molar refractivity (Wildman–Crippen MR) is 111 cm³/mol. The van der Waals surface area contributed by atoms with E-state index in [9.17, 15) is 9.59 Å². The average molecular weight is 417 g/mol. The Bertz CT molecular complexity index is 966. The number of urea groups is 1. The summed E-state index contributed by atoms with van der Waals surface area (Å²) in [6.07, 6.45) is 1.79. The number of rotatable bonds is 5. The number of primary amides is 1. The van der Waals surface area contributed by atoms with Crippen LogP contribution in [0.25, 0.3) is 10.2 Å². The lowest BCUT2D eigenvalue weighted by atomic mass is 10.1. The zero-order valence-corrected chi connectivity index (χ0v) is 16.7. The number of carbonyl (C=O) groups excluding carboxylic acids is 2. The predicted octanol–water partition coefficient (Wildman–Crippen LogP) is 2.20. The molecule has 3 amide bonds. The van der Waals surface area contributed by atoms with E-state index in [1.807, 2.05) is 33.9 Å². The van der Waals surface area contributed by atoms with Gasteiger partial charge in [-0.15, -0.1) is 22.7 Å². The van der Waals surface area contributed by atoms with Crippen LogP contribution in [0.15, 0.2) is 35.3 Å². The summed E-state index contributed by atoms with van der Waals surface area (Å²) in [6, 6.07) is 4.81. The lowest BCUT2D eigenvalue weighted by molar-refractivity contribution is -0.132. The Morgan fingerprint density at radius 1 is 1.14 bits per heavy atom. The number of carbonyl (C=O) groups is 2. The van der Waals surface area contributed by atoms with E-state index in [1.165, 1.54) is 11.3 Å². The Hall–Kier alpha value is -2.72. The Kier molecular flexibility index (Phi) is 5.40. The average Bonchev–Trinajstić information content (AvgIpc) is 3.38. The van der Waals surface area contributed by atoms with Gasteiger partial charge in [0.2, 0.25) is 5.91 Å². The Morgan fingerprint density at radius 3 is 2.68 bits per heavy atom. The highest BCUT2D eigenvalue weighted by molar-refractivity contribution is 7.16. The van der Waals surface area contributed by atoms with Crippen LogP contribution in [0.3, 0.4) is 0 Å². The van der Waals surface area contributed by atoms with E-state index in [2.05, 4.69) is 20.2 Å². The van der Waals surface area contributed by atoms with Gasteiger partial charge in [-0.25, -0.2) is 14.8 Å². The van der Waals surface area contributed by atoms with Crippen LogP contribution in [-0.2, 0) is 4.79 Å². The van der Waals surface area contributed by atoms with Gasteiger partial charge in [-0.2, -0.15) is 0 Å². The standard InChI is InChI=1S/C18H20N6O2S2/c19-18(26)22-13(14-2-1-8-27-14)10-15(25)23-4-6-24(7-5-23)16-12-3-9-28-17(12)21-11-20-16/h1-3,8-9,11,13H,4-7,10H2,(H3,19,22,26). The monoisotopic (exact) mass is 416 g/mol. The van der Waals surface area contributed by atoms with Crippen molar-refractivity contribution in [3.8, 4) is 0 Å². The largest absolute Gasteiger partial charge is 0.352 e. The van der Waals surface area contributed by atoms with E-state index >= 15 is 0 Å². The van der Waals surface area contributed by atoms with Gasteiger partial charge in [0.15, 0.2) is 0 Å². The number of hydrogen-bond acceptors (Lipinski definition) is 7. The van der Waals surface area contributed by atoms with Gasteiger partial charge in [-0.1, -0.05) is 6.07 Å². The molecule has 1 aliphatic heterocycles. The molecule has 3 aromatic rings. The summed E-state index contributed by atoms with van der Waals surface area (Å²) in [5, 5.41) is 7.66. The SMILES string of the molecule is NC(=O)NC(CC(=O)N1CCN(c2ncnc3sccc23)CC1)c1cccs1. The van der Waals surface area contributed by atoms with Crippen molar-refractivity contribution in [1.82, 2.24) is 20.2 Å². The number of amides is 3. The second-order valence-electron chi connectivity index (χ2n) is 6.49. The van der Waals surface area contributed by atoms with Gasteiger partial charge in [0.1, 0.15) is 17.0 Å². The first-order valence-corrected chi connectivity index (χ1v) is 10.7. The van der Waals surface area contributed by atoms with Crippen LogP contribution in [0, 0.1) is 0 Å². The molecule has 1 fully saturated rings. The smallest absolute Gasteiger partial charge is 0.312 e. The highest BCUT2D eigenvalue weighted by Gasteiger charge is 2.26. The molecule has 1 saturated heterocycles. The van der Waals surface area contributed by atoms with E-state index in [1.54, 1.807) is 17.7 Å². The first-order chi connectivity index (χ1) is 13.6. The highest BCUT2D eigenvalue weighted by atomic mass is 32.1. The molecule has 0 saturated carbocycles. The quantitative estimate of drug-likeness (QED) is 0.663. The third-order valence-electron chi connectivity index (χ3n) is 4.75. The maximum Gasteiger partial charge on any atom is 0.312 e. The van der Waals surface area contributed by atoms with E-state index < -0.39 is 12.1 Å². The van der Waals surface area contributed by atoms with Gasteiger partial charge in [-0.05, 0) is 22.9 Å². The van der Waals surface area contributed by atoms with Crippen LogP contribution in [0.4, 0.5) is 10.6 Å². The lowest BCUT2D eigenvalue weighted by Crippen LogP contribution is -2.49. The Balaban J connectivity index is 1.39. The molecule has 1 atom stereocenters. The molecule has 1 unspecified atom stereocenters. The van der Waals surface area contributed by atoms with Crippen molar-refractivity contribution in [2.75, 3.05) is 31.1 Å². The number of thiophene rings is 2. The molecule has 0 spiro atoms. The summed E-state index contributed by atoms with van der Waals surface area (Å²) in [5.74, 6) is 0.931. The second-order valence-corrected chi connectivity index (χ2v) is 8.36. The summed E-state index contributed by atoms with van der Waals surface area (Å²) >= 11 is 3.09. The molecule has 4 rings (SSSR count). The van der Waals surface area contributed by atoms with Gasteiger partial charge in [0.05, 0.1) is 17.8 Å². The summed E-state index contributed by atoms with van der Waals surface area (Å²) in [5.41, 5.74) is 5.28. The minimum absolute atomic E-state index is 0.00941. The number of nitrogens with two attached hydrogens (primary N) is 1. The summed E-state index contributed by atoms with van der Waals surface area (Å²) in [6.45, 7) is 2.64. The topological polar surface area (TPSA) is 104 Å². The number of fused-ring (bicyclic) bond motifs is 1. The normalized spacial score (nSPS) is 15.6. The molecule has 3 N–H and O–H groups in total. The molecule has 1 aliphatic rings. The van der Waals surface area contributed by atoms with Crippen molar-refractivity contribution in [3.63, 3.8) is 0 Å². The fraction of sp³-hybridized carbons (Fsp3) is 0.333. The van der Waals surface area contributed by atoms with Crippen molar-refractivity contribution < 1.29 is 9.59 Å². The Morgan fingerprint density at radius 2 is 1.96 bits per heavy atom. The fourth-order valence-corrected chi connectivity index (χ4v) is 4.89. The molecule has 0 bridgehead atoms. The molecule has 8 nitrogen and oxygen atoms in total. The molecule has 0 aromatic carbocycles. The van der Waals surface area contributed by atoms with Crippen LogP contribution in [0.1, 0.15) is 17.3 Å². The first kappa shape index (κ1) is 18.6. The minimum Gasteiger partial charge on any atom is -0.352 e. The van der Waals surface area contributed by atoms with Crippen LogP contribution in [-0.4, -0.2) is 53.0 Å². The van der Waals surface area contributed by atoms with Crippen LogP contribution >= 0.6 is 22.7 Å². The number of piperazine rings is 1. The molecule has 4 heterocycles. The number of hydrogen-bond donors (Lipinski definition) is 2. The maximum absolute atomic E-state index is 12.8. The van der Waals surface area contributed by atoms with Gasteiger partial charge in [-0.3, -0.25) is 4.79 Å². The second kappa shape index (κ2) is 8.11. The van der Waals surface area contributed by atoms with Crippen molar-refractivity contribution in [2.24, 2.45) is 5.73 Å². The molecule has 3 aromatic heterocycles.